The minimum absolute atomic E-state index is 0. The second-order valence-electron chi connectivity index (χ2n) is 0.342. The Morgan fingerprint density at radius 1 is 1.22 bits per heavy atom. The Bertz CT molecular complexity index is 34.0. The van der Waals surface area contributed by atoms with Gasteiger partial charge in [-0.2, -0.15) is 0 Å². The first-order chi connectivity index (χ1) is 1.91. The summed E-state index contributed by atoms with van der Waals surface area (Å²) in [5.74, 6) is 0. The van der Waals surface area contributed by atoms with Crippen molar-refractivity contribution in [2.24, 2.45) is 0 Å². The minimum atomic E-state index is 0. The topological polar surface area (TPSA) is 22.3 Å². The zero-order valence-corrected chi connectivity index (χ0v) is 9.32. The minimum Gasteiger partial charge on any atom is -0.911 e. The van der Waals surface area contributed by atoms with Gasteiger partial charge < -0.3 is 19.1 Å². The van der Waals surface area contributed by atoms with Crippen molar-refractivity contribution in [3.63, 3.8) is 0 Å². The molecule has 0 rings (SSSR count). The van der Waals surface area contributed by atoms with Crippen LogP contribution in [0.15, 0.2) is 6.08 Å². The SMILES string of the molecule is C.C.[CH-]=CC=[N-].[CH3-].[Ir+3].[Y]. The summed E-state index contributed by atoms with van der Waals surface area (Å²) in [5.41, 5.74) is 0. The Morgan fingerprint density at radius 2 is 1.33 bits per heavy atom. The van der Waals surface area contributed by atoms with Crippen molar-refractivity contribution in [2.45, 2.75) is 14.9 Å². The van der Waals surface area contributed by atoms with Crippen LogP contribution in [0.4, 0.5) is 0 Å². The molecule has 0 aliphatic rings. The summed E-state index contributed by atoms with van der Waals surface area (Å²) in [6.07, 6.45) is 1.83. The molecule has 0 saturated carbocycles. The van der Waals surface area contributed by atoms with E-state index in [4.69, 9.17) is 5.41 Å². The van der Waals surface area contributed by atoms with Crippen LogP contribution in [-0.4, -0.2) is 6.21 Å². The molecule has 0 saturated heterocycles. The molecule has 0 spiro atoms. The molecule has 0 aromatic carbocycles. The first kappa shape index (κ1) is 49.2. The molecule has 1 radical (unpaired) electrons. The summed E-state index contributed by atoms with van der Waals surface area (Å²) in [4.78, 5) is 0. The van der Waals surface area contributed by atoms with Crippen LogP contribution in [-0.2, 0) is 52.8 Å². The summed E-state index contributed by atoms with van der Waals surface area (Å²) in [6, 6.07) is 0. The van der Waals surface area contributed by atoms with Crippen molar-refractivity contribution < 1.29 is 52.8 Å². The first-order valence-corrected chi connectivity index (χ1v) is 0.925. The molecule has 0 amide bonds. The fourth-order valence-electron chi connectivity index (χ4n) is 0. The van der Waals surface area contributed by atoms with Crippen molar-refractivity contribution >= 4 is 6.21 Å². The predicted molar refractivity (Wildman–Crippen MR) is 38.2 cm³/mol. The molecule has 55 valence electrons. The van der Waals surface area contributed by atoms with E-state index in [0.717, 1.165) is 12.3 Å². The van der Waals surface area contributed by atoms with Gasteiger partial charge in [0.05, 0.1) is 0 Å². The van der Waals surface area contributed by atoms with E-state index in [1.165, 1.54) is 0 Å². The Hall–Kier alpha value is 1.16. The van der Waals surface area contributed by atoms with E-state index in [1.54, 1.807) is 0 Å². The number of allylic oxidation sites excluding steroid dienone is 1. The molecule has 3 heteroatoms. The van der Waals surface area contributed by atoms with Gasteiger partial charge in [0.2, 0.25) is 0 Å². The Labute approximate surface area is 98.4 Å². The van der Waals surface area contributed by atoms with Gasteiger partial charge >= 0.3 is 20.1 Å². The summed E-state index contributed by atoms with van der Waals surface area (Å²) < 4.78 is 0. The molecule has 0 fully saturated rings. The van der Waals surface area contributed by atoms with Crippen molar-refractivity contribution in [3.8, 4) is 0 Å². The van der Waals surface area contributed by atoms with Gasteiger partial charge in [-0.05, 0) is 0 Å². The van der Waals surface area contributed by atoms with Gasteiger partial charge in [0.1, 0.15) is 0 Å². The Balaban J connectivity index is -0.00000000450. The number of nitrogens with zero attached hydrogens (tertiary/aromatic N) is 1. The number of rotatable bonds is 1. The van der Waals surface area contributed by atoms with Gasteiger partial charge in [-0.15, -0.1) is 0 Å². The van der Waals surface area contributed by atoms with Crippen molar-refractivity contribution in [3.05, 3.63) is 25.5 Å². The van der Waals surface area contributed by atoms with E-state index < -0.39 is 0 Å². The summed E-state index contributed by atoms with van der Waals surface area (Å²) >= 11 is 0. The Kier molecular flexibility index (Phi) is 334. The van der Waals surface area contributed by atoms with Crippen LogP contribution in [0.2, 0.25) is 0 Å². The third kappa shape index (κ3) is 100. The van der Waals surface area contributed by atoms with E-state index >= 15 is 0 Å². The largest absolute Gasteiger partial charge is 3.00 e. The maximum absolute atomic E-state index is 7.57. The van der Waals surface area contributed by atoms with Gasteiger partial charge in [0, 0.05) is 32.7 Å². The molecule has 0 atom stereocenters. The van der Waals surface area contributed by atoms with Crippen LogP contribution >= 0.6 is 0 Å². The molecule has 0 bridgehead atoms. The van der Waals surface area contributed by atoms with E-state index in [1.807, 2.05) is 0 Å². The summed E-state index contributed by atoms with van der Waals surface area (Å²) in [6.45, 7) is 4.60. The van der Waals surface area contributed by atoms with Crippen LogP contribution in [0.25, 0.3) is 5.41 Å². The van der Waals surface area contributed by atoms with Gasteiger partial charge in [-0.3, -0.25) is 12.7 Å². The Morgan fingerprint density at radius 3 is 1.33 bits per heavy atom. The fourth-order valence-corrected chi connectivity index (χ4v) is 0. The third-order valence-corrected chi connectivity index (χ3v) is 0.0861. The standard InChI is InChI=1S/C3H3N.2CH4.CH3.Ir.Y/c1-2-3-4;;;;;/h1-3H;2*1H4;1H3;;/q-2;;;-1;+3;. The van der Waals surface area contributed by atoms with Crippen LogP contribution in [0, 0.1) is 14.0 Å². The number of hydrogen-bond donors (Lipinski definition) is 0. The second kappa shape index (κ2) is 61.0. The predicted octanol–water partition coefficient (Wildman–Crippen LogP) is 2.33. The average Bonchev–Trinajstić information content (AvgIpc) is 1.37. The van der Waals surface area contributed by atoms with Crippen LogP contribution in [0.3, 0.4) is 0 Å². The molecule has 0 aromatic rings. The van der Waals surface area contributed by atoms with Crippen molar-refractivity contribution in [1.82, 2.24) is 0 Å². The molecule has 9 heavy (non-hydrogen) atoms. The first-order valence-electron chi connectivity index (χ1n) is 0.925. The molecule has 0 unspecified atom stereocenters. The van der Waals surface area contributed by atoms with Gasteiger partial charge in [-0.25, -0.2) is 0 Å². The molecule has 0 N–H and O–H groups in total. The molecule has 0 aliphatic heterocycles. The maximum atomic E-state index is 7.57. The zero-order valence-electron chi connectivity index (χ0n) is 4.09. The van der Waals surface area contributed by atoms with Crippen LogP contribution < -0.4 is 0 Å². The second-order valence-corrected chi connectivity index (χ2v) is 0.342. The zero-order chi connectivity index (χ0) is 3.41. The molecule has 0 aliphatic carbocycles. The van der Waals surface area contributed by atoms with Gasteiger partial charge in [0.15, 0.2) is 0 Å². The molecule has 1 nitrogen and oxygen atoms in total. The fraction of sp³-hybridized carbons (Fsp3) is 0.333. The molecular weight excluding hydrogens is 367 g/mol. The number of hydrogen-bond acceptors (Lipinski definition) is 0. The van der Waals surface area contributed by atoms with Gasteiger partial charge in [-0.1, -0.05) is 14.9 Å². The quantitative estimate of drug-likeness (QED) is 0.492. The normalized spacial score (nSPS) is 2.22. The third-order valence-electron chi connectivity index (χ3n) is 0.0861. The van der Waals surface area contributed by atoms with Crippen LogP contribution in [0.1, 0.15) is 14.9 Å². The van der Waals surface area contributed by atoms with Gasteiger partial charge in [0.25, 0.3) is 0 Å². The maximum Gasteiger partial charge on any atom is 3.00 e. The molecular formula is C6H14IrNY. The van der Waals surface area contributed by atoms with E-state index in [9.17, 15) is 0 Å². The molecule has 0 heterocycles. The van der Waals surface area contributed by atoms with E-state index in [2.05, 4.69) is 6.58 Å². The summed E-state index contributed by atoms with van der Waals surface area (Å²) in [7, 11) is 0. The van der Waals surface area contributed by atoms with E-state index in [0.29, 0.717) is 0 Å². The van der Waals surface area contributed by atoms with Crippen molar-refractivity contribution in [1.29, 1.82) is 0 Å². The molecule has 0 aromatic heterocycles. The smallest absolute Gasteiger partial charge is 0.911 e. The average molecular weight is 381 g/mol. The van der Waals surface area contributed by atoms with Crippen molar-refractivity contribution in [2.75, 3.05) is 0 Å². The van der Waals surface area contributed by atoms with Crippen LogP contribution in [0.5, 0.6) is 0 Å². The monoisotopic (exact) mass is 382 g/mol. The van der Waals surface area contributed by atoms with E-state index in [-0.39, 0.29) is 75.1 Å². The summed E-state index contributed by atoms with van der Waals surface area (Å²) in [5, 5.41) is 7.57.